The molecule has 2 fully saturated rings. The Bertz CT molecular complexity index is 672. The molecule has 3 aliphatic rings. The van der Waals surface area contributed by atoms with Gasteiger partial charge in [0.25, 0.3) is 0 Å². The van der Waals surface area contributed by atoms with Gasteiger partial charge in [-0.05, 0) is 49.7 Å². The molecule has 122 valence electrons. The van der Waals surface area contributed by atoms with E-state index >= 15 is 0 Å². The Morgan fingerprint density at radius 3 is 2.83 bits per heavy atom. The summed E-state index contributed by atoms with van der Waals surface area (Å²) in [5.74, 6) is 0.685. The van der Waals surface area contributed by atoms with Crippen molar-refractivity contribution < 1.29 is 18.7 Å². The van der Waals surface area contributed by atoms with E-state index in [0.717, 1.165) is 24.0 Å². The average molecular weight is 314 g/mol. The van der Waals surface area contributed by atoms with E-state index < -0.39 is 5.41 Å². The summed E-state index contributed by atoms with van der Waals surface area (Å²) < 4.78 is 10.9. The monoisotopic (exact) mass is 314 g/mol. The van der Waals surface area contributed by atoms with Crippen molar-refractivity contribution >= 4 is 11.8 Å². The van der Waals surface area contributed by atoms with Crippen LogP contribution in [0.3, 0.4) is 0 Å². The summed E-state index contributed by atoms with van der Waals surface area (Å²) in [5.41, 5.74) is 1.52. The van der Waals surface area contributed by atoms with E-state index in [-0.39, 0.29) is 29.7 Å². The molecule has 1 aromatic rings. The maximum atomic E-state index is 13.0. The lowest BCUT2D eigenvalue weighted by Gasteiger charge is -2.49. The van der Waals surface area contributed by atoms with Crippen molar-refractivity contribution in [3.8, 4) is 0 Å². The number of allylic oxidation sites excluding steroid dienone is 2. The van der Waals surface area contributed by atoms with Crippen LogP contribution in [0.1, 0.15) is 51.2 Å². The van der Waals surface area contributed by atoms with Crippen molar-refractivity contribution in [3.05, 3.63) is 35.8 Å². The van der Waals surface area contributed by atoms with Crippen LogP contribution < -0.4 is 0 Å². The maximum Gasteiger partial charge on any atom is 0.313 e. The quantitative estimate of drug-likeness (QED) is 0.739. The summed E-state index contributed by atoms with van der Waals surface area (Å²) in [4.78, 5) is 25.1. The van der Waals surface area contributed by atoms with Gasteiger partial charge < -0.3 is 9.15 Å². The number of cyclic esters (lactones) is 1. The minimum atomic E-state index is -0.532. The number of rotatable bonds is 1. The van der Waals surface area contributed by atoms with E-state index in [9.17, 15) is 9.59 Å². The van der Waals surface area contributed by atoms with Crippen LogP contribution >= 0.6 is 0 Å². The van der Waals surface area contributed by atoms with E-state index in [1.165, 1.54) is 0 Å². The van der Waals surface area contributed by atoms with Gasteiger partial charge in [-0.1, -0.05) is 12.5 Å². The highest BCUT2D eigenvalue weighted by Crippen LogP contribution is 2.60. The van der Waals surface area contributed by atoms with Crippen molar-refractivity contribution in [2.45, 2.75) is 45.6 Å². The number of hydrogen-bond donors (Lipinski definition) is 0. The fraction of sp³-hybridized carbons (Fsp3) is 0.579. The molecule has 1 saturated heterocycles. The number of ether oxygens (including phenoxy) is 1. The van der Waals surface area contributed by atoms with E-state index in [1.54, 1.807) is 18.6 Å². The molecule has 1 aliphatic heterocycles. The van der Waals surface area contributed by atoms with Crippen LogP contribution in [0, 0.1) is 23.2 Å². The summed E-state index contributed by atoms with van der Waals surface area (Å²) in [6.07, 6.45) is 7.99. The molecule has 0 unspecified atom stereocenters. The molecule has 4 heteroatoms. The predicted molar refractivity (Wildman–Crippen MR) is 83.4 cm³/mol. The zero-order chi connectivity index (χ0) is 16.2. The van der Waals surface area contributed by atoms with Gasteiger partial charge in [0.2, 0.25) is 0 Å². The molecule has 4 nitrogen and oxygen atoms in total. The van der Waals surface area contributed by atoms with Crippen LogP contribution in [0.5, 0.6) is 0 Å². The Hall–Kier alpha value is -1.84. The fourth-order valence-corrected chi connectivity index (χ4v) is 5.14. The van der Waals surface area contributed by atoms with Gasteiger partial charge >= 0.3 is 5.97 Å². The first-order valence-electron chi connectivity index (χ1n) is 8.46. The summed E-state index contributed by atoms with van der Waals surface area (Å²) >= 11 is 0. The van der Waals surface area contributed by atoms with E-state index in [2.05, 4.69) is 6.92 Å². The van der Waals surface area contributed by atoms with Crippen molar-refractivity contribution in [1.82, 2.24) is 0 Å². The summed E-state index contributed by atoms with van der Waals surface area (Å²) in [6.45, 7) is 4.18. The minimum absolute atomic E-state index is 0.0770. The van der Waals surface area contributed by atoms with Crippen molar-refractivity contribution in [3.63, 3.8) is 0 Å². The number of fused-ring (bicyclic) bond motifs is 2. The summed E-state index contributed by atoms with van der Waals surface area (Å²) in [5, 5.41) is 0. The first-order valence-corrected chi connectivity index (χ1v) is 8.46. The van der Waals surface area contributed by atoms with Crippen LogP contribution in [-0.4, -0.2) is 11.8 Å². The second kappa shape index (κ2) is 5.08. The molecule has 1 saturated carbocycles. The zero-order valence-electron chi connectivity index (χ0n) is 13.6. The Kier molecular flexibility index (Phi) is 3.26. The lowest BCUT2D eigenvalue weighted by molar-refractivity contribution is -0.158. The molecular formula is C19H22O4. The molecule has 1 spiro atoms. The molecule has 2 aliphatic carbocycles. The lowest BCUT2D eigenvalue weighted by Crippen LogP contribution is -2.50. The highest BCUT2D eigenvalue weighted by molar-refractivity contribution is 5.93. The van der Waals surface area contributed by atoms with Crippen LogP contribution in [-0.2, 0) is 14.3 Å². The van der Waals surface area contributed by atoms with Crippen LogP contribution in [0.4, 0.5) is 0 Å². The van der Waals surface area contributed by atoms with Gasteiger partial charge in [0.1, 0.15) is 6.10 Å². The fourth-order valence-electron chi connectivity index (χ4n) is 5.14. The van der Waals surface area contributed by atoms with E-state index in [0.29, 0.717) is 18.8 Å². The molecule has 0 radical (unpaired) electrons. The number of carbonyl (C=O) groups excluding carboxylic acids is 2. The highest BCUT2D eigenvalue weighted by Gasteiger charge is 2.61. The third-order valence-electron chi connectivity index (χ3n) is 6.40. The average Bonchev–Trinajstić information content (AvgIpc) is 3.12. The number of furan rings is 1. The van der Waals surface area contributed by atoms with Crippen molar-refractivity contribution in [2.75, 3.05) is 0 Å². The van der Waals surface area contributed by atoms with Crippen molar-refractivity contribution in [1.29, 1.82) is 0 Å². The molecule has 0 bridgehead atoms. The Morgan fingerprint density at radius 1 is 1.26 bits per heavy atom. The summed E-state index contributed by atoms with van der Waals surface area (Å²) in [6, 6.07) is 1.86. The van der Waals surface area contributed by atoms with E-state index in [1.807, 2.05) is 13.0 Å². The summed E-state index contributed by atoms with van der Waals surface area (Å²) in [7, 11) is 0. The number of esters is 1. The first kappa shape index (κ1) is 14.7. The molecule has 5 atom stereocenters. The number of ketones is 1. The number of hydrogen-bond acceptors (Lipinski definition) is 4. The molecule has 0 aromatic carbocycles. The third-order valence-corrected chi connectivity index (χ3v) is 6.40. The minimum Gasteiger partial charge on any atom is -0.472 e. The number of carbonyl (C=O) groups is 2. The molecular weight excluding hydrogens is 292 g/mol. The molecule has 0 amide bonds. The SMILES string of the molecule is CC1=CC(=O)C[C@H]2[C@H]1CC[C@@H](C)[C@]21C[C@H](c2ccoc2)OC1=O. The molecule has 23 heavy (non-hydrogen) atoms. The second-order valence-electron chi connectivity index (χ2n) is 7.45. The van der Waals surface area contributed by atoms with Gasteiger partial charge in [-0.15, -0.1) is 0 Å². The Morgan fingerprint density at radius 2 is 2.09 bits per heavy atom. The van der Waals surface area contributed by atoms with E-state index in [4.69, 9.17) is 9.15 Å². The normalized spacial score (nSPS) is 40.0. The zero-order valence-corrected chi connectivity index (χ0v) is 13.6. The van der Waals surface area contributed by atoms with Gasteiger partial charge in [0, 0.05) is 18.4 Å². The topological polar surface area (TPSA) is 56.5 Å². The molecule has 1 aromatic heterocycles. The smallest absolute Gasteiger partial charge is 0.313 e. The van der Waals surface area contributed by atoms with Gasteiger partial charge in [0.15, 0.2) is 5.78 Å². The Labute approximate surface area is 135 Å². The highest BCUT2D eigenvalue weighted by atomic mass is 16.6. The van der Waals surface area contributed by atoms with Crippen molar-refractivity contribution in [2.24, 2.45) is 23.2 Å². The molecule has 2 heterocycles. The first-order chi connectivity index (χ1) is 11.0. The molecule has 0 N–H and O–H groups in total. The van der Waals surface area contributed by atoms with Gasteiger partial charge in [-0.3, -0.25) is 9.59 Å². The van der Waals surface area contributed by atoms with Crippen LogP contribution in [0.2, 0.25) is 0 Å². The van der Waals surface area contributed by atoms with Crippen LogP contribution in [0.25, 0.3) is 0 Å². The Balaban J connectivity index is 1.74. The third kappa shape index (κ3) is 2.03. The van der Waals surface area contributed by atoms with Gasteiger partial charge in [-0.2, -0.15) is 0 Å². The van der Waals surface area contributed by atoms with Crippen LogP contribution in [0.15, 0.2) is 34.7 Å². The predicted octanol–water partition coefficient (Wildman–Crippen LogP) is 3.84. The van der Waals surface area contributed by atoms with Gasteiger partial charge in [0.05, 0.1) is 17.9 Å². The second-order valence-corrected chi connectivity index (χ2v) is 7.45. The largest absolute Gasteiger partial charge is 0.472 e. The standard InChI is InChI=1S/C19H22O4/c1-11-7-14(20)8-16-15(11)4-3-12(2)19(16)9-17(23-18(19)21)13-5-6-22-10-13/h5-7,10,12,15-17H,3-4,8-9H2,1-2H3/t12-,15+,16+,17-,19-/m1/s1. The molecule has 4 rings (SSSR count). The maximum absolute atomic E-state index is 13.0. The van der Waals surface area contributed by atoms with Gasteiger partial charge in [-0.25, -0.2) is 0 Å². The lowest BCUT2D eigenvalue weighted by atomic mass is 9.52.